The Kier molecular flexibility index (Phi) is 5.86. The van der Waals surface area contributed by atoms with E-state index in [0.29, 0.717) is 29.1 Å². The predicted octanol–water partition coefficient (Wildman–Crippen LogP) is 2.76. The lowest BCUT2D eigenvalue weighted by Crippen LogP contribution is -2.61. The largest absolute Gasteiger partial charge is 0.390 e. The van der Waals surface area contributed by atoms with Crippen molar-refractivity contribution in [3.63, 3.8) is 0 Å². The molecule has 2 atom stereocenters. The number of rotatable bonds is 7. The van der Waals surface area contributed by atoms with Gasteiger partial charge in [-0.25, -0.2) is 4.68 Å². The lowest BCUT2D eigenvalue weighted by molar-refractivity contribution is -0.136. The summed E-state index contributed by atoms with van der Waals surface area (Å²) < 4.78 is 1.65. The van der Waals surface area contributed by atoms with Crippen LogP contribution < -0.4 is 16.0 Å². The second-order valence-electron chi connectivity index (χ2n) is 11.1. The second kappa shape index (κ2) is 8.21. The van der Waals surface area contributed by atoms with Gasteiger partial charge in [0, 0.05) is 25.2 Å². The zero-order valence-electron chi connectivity index (χ0n) is 19.8. The van der Waals surface area contributed by atoms with Crippen LogP contribution in [0.1, 0.15) is 77.1 Å². The van der Waals surface area contributed by atoms with Gasteiger partial charge in [-0.1, -0.05) is 0 Å². The third kappa shape index (κ3) is 4.70. The number of hydrogen-bond donors (Lipinski definition) is 4. The number of amides is 2. The zero-order valence-corrected chi connectivity index (χ0v) is 19.8. The molecule has 5 rings (SSSR count). The number of nitrogens with one attached hydrogen (secondary N) is 3. The van der Waals surface area contributed by atoms with Crippen LogP contribution in [0.2, 0.25) is 0 Å². The summed E-state index contributed by atoms with van der Waals surface area (Å²) in [6.07, 6.45) is 9.94. The molecule has 2 amide bonds. The lowest BCUT2D eigenvalue weighted by atomic mass is 9.52. The molecule has 0 aromatic carbocycles. The van der Waals surface area contributed by atoms with Crippen molar-refractivity contribution in [1.29, 1.82) is 0 Å². The number of anilines is 1. The molecule has 8 nitrogen and oxygen atoms in total. The summed E-state index contributed by atoms with van der Waals surface area (Å²) in [7, 11) is 0. The van der Waals surface area contributed by atoms with Crippen LogP contribution in [0.25, 0.3) is 6.20 Å². The molecule has 176 valence electrons. The van der Waals surface area contributed by atoms with Crippen LogP contribution in [0, 0.1) is 17.8 Å². The van der Waals surface area contributed by atoms with Crippen LogP contribution in [0.3, 0.4) is 0 Å². The molecular formula is C24H37N5O3. The Morgan fingerprint density at radius 3 is 2.47 bits per heavy atom. The van der Waals surface area contributed by atoms with E-state index >= 15 is 0 Å². The van der Waals surface area contributed by atoms with Gasteiger partial charge in [-0.3, -0.25) is 9.59 Å². The molecule has 4 bridgehead atoms. The third-order valence-corrected chi connectivity index (χ3v) is 7.13. The number of aromatic nitrogens is 2. The molecule has 32 heavy (non-hydrogen) atoms. The van der Waals surface area contributed by atoms with Crippen molar-refractivity contribution in [3.05, 3.63) is 17.8 Å². The summed E-state index contributed by atoms with van der Waals surface area (Å²) in [6.45, 7) is 9.32. The molecule has 0 saturated heterocycles. The molecule has 0 aliphatic heterocycles. The van der Waals surface area contributed by atoms with Gasteiger partial charge in [0.1, 0.15) is 11.4 Å². The summed E-state index contributed by atoms with van der Waals surface area (Å²) in [5.41, 5.74) is -0.553. The maximum Gasteiger partial charge on any atom is 0.256 e. The van der Waals surface area contributed by atoms with Gasteiger partial charge in [-0.05, 0) is 83.6 Å². The molecule has 8 heteroatoms. The quantitative estimate of drug-likeness (QED) is 0.518. The summed E-state index contributed by atoms with van der Waals surface area (Å²) in [4.78, 5) is 24.8. The smallest absolute Gasteiger partial charge is 0.256 e. The van der Waals surface area contributed by atoms with E-state index in [9.17, 15) is 14.7 Å². The van der Waals surface area contributed by atoms with E-state index in [2.05, 4.69) is 21.0 Å². The van der Waals surface area contributed by atoms with Gasteiger partial charge < -0.3 is 21.1 Å². The third-order valence-electron chi connectivity index (χ3n) is 7.13. The first-order valence-corrected chi connectivity index (χ1v) is 11.8. The van der Waals surface area contributed by atoms with Gasteiger partial charge in [-0.2, -0.15) is 5.10 Å². The molecule has 4 N–H and O–H groups in total. The molecule has 0 radical (unpaired) electrons. The Balaban J connectivity index is 1.53. The normalized spacial score (nSPS) is 31.3. The van der Waals surface area contributed by atoms with Crippen LogP contribution >= 0.6 is 0 Å². The minimum atomic E-state index is -0.546. The van der Waals surface area contributed by atoms with Crippen molar-refractivity contribution in [2.45, 2.75) is 89.9 Å². The number of hydrogen-bond acceptors (Lipinski definition) is 5. The minimum Gasteiger partial charge on any atom is -0.390 e. The molecule has 4 saturated carbocycles. The number of carbonyl (C=O) groups is 2. The van der Waals surface area contributed by atoms with E-state index in [-0.39, 0.29) is 23.9 Å². The Morgan fingerprint density at radius 2 is 1.91 bits per heavy atom. The summed E-state index contributed by atoms with van der Waals surface area (Å²) in [5.74, 6) is 1.70. The molecule has 1 aromatic rings. The van der Waals surface area contributed by atoms with Crippen LogP contribution in [-0.4, -0.2) is 49.9 Å². The van der Waals surface area contributed by atoms with Gasteiger partial charge in [0.25, 0.3) is 5.91 Å². The number of nitrogens with zero attached hydrogens (tertiary/aromatic N) is 2. The highest BCUT2D eigenvalue weighted by Gasteiger charge is 2.55. The van der Waals surface area contributed by atoms with E-state index in [1.54, 1.807) is 17.1 Å². The average molecular weight is 444 g/mol. The maximum absolute atomic E-state index is 13.3. The zero-order chi connectivity index (χ0) is 23.3. The highest BCUT2D eigenvalue weighted by Crippen LogP contribution is 2.55. The molecule has 0 spiro atoms. The van der Waals surface area contributed by atoms with Crippen molar-refractivity contribution in [2.75, 3.05) is 5.32 Å². The van der Waals surface area contributed by atoms with Crippen molar-refractivity contribution in [2.24, 2.45) is 17.8 Å². The topological polar surface area (TPSA) is 108 Å². The fraction of sp³-hybridized carbons (Fsp3) is 0.708. The van der Waals surface area contributed by atoms with Crippen molar-refractivity contribution in [3.8, 4) is 0 Å². The Morgan fingerprint density at radius 1 is 1.25 bits per heavy atom. The van der Waals surface area contributed by atoms with Gasteiger partial charge in [0.15, 0.2) is 0 Å². The van der Waals surface area contributed by atoms with Crippen LogP contribution in [0.4, 0.5) is 5.82 Å². The molecule has 2 unspecified atom stereocenters. The Bertz CT molecular complexity index is 903. The molecule has 4 fully saturated rings. The molecule has 4 aliphatic rings. The van der Waals surface area contributed by atoms with Crippen molar-refractivity contribution < 1.29 is 14.7 Å². The van der Waals surface area contributed by atoms with Crippen LogP contribution in [0.15, 0.2) is 12.3 Å². The molecule has 1 heterocycles. The predicted molar refractivity (Wildman–Crippen MR) is 124 cm³/mol. The van der Waals surface area contributed by atoms with Crippen LogP contribution in [0.5, 0.6) is 0 Å². The first-order valence-electron chi connectivity index (χ1n) is 11.8. The summed E-state index contributed by atoms with van der Waals surface area (Å²) in [6, 6.07) is 0.230. The van der Waals surface area contributed by atoms with E-state index in [0.717, 1.165) is 32.1 Å². The van der Waals surface area contributed by atoms with Gasteiger partial charge in [0.05, 0.1) is 17.3 Å². The Labute approximate surface area is 190 Å². The fourth-order valence-electron chi connectivity index (χ4n) is 6.26. The fourth-order valence-corrected chi connectivity index (χ4v) is 6.26. The number of aliphatic hydroxyl groups is 1. The maximum atomic E-state index is 13.3. The molecular weight excluding hydrogens is 406 g/mol. The monoisotopic (exact) mass is 443 g/mol. The Hall–Kier alpha value is -2.35. The van der Waals surface area contributed by atoms with Gasteiger partial charge in [0.2, 0.25) is 5.91 Å². The standard InChI is InChI=1S/C24H37N5O3/c1-14(2)26-21-19(13-25-29(21)7-6-23(4,5)28-15(3)30)22(31)27-20-17-8-16-9-18(20)12-24(32,10-16)11-17/h6-7,13-14,16-18,20,26,32H,8-12H2,1-5H3,(H,27,31)(H,28,30)/b7-6+. The van der Waals surface area contributed by atoms with Crippen LogP contribution in [-0.2, 0) is 4.79 Å². The number of carbonyl (C=O) groups excluding carboxylic acids is 2. The van der Waals surface area contributed by atoms with Gasteiger partial charge in [-0.15, -0.1) is 0 Å². The summed E-state index contributed by atoms with van der Waals surface area (Å²) in [5, 5.41) is 24.8. The second-order valence-corrected chi connectivity index (χ2v) is 11.1. The first kappa shape index (κ1) is 22.8. The molecule has 4 aliphatic carbocycles. The minimum absolute atomic E-state index is 0.110. The summed E-state index contributed by atoms with van der Waals surface area (Å²) >= 11 is 0. The van der Waals surface area contributed by atoms with Crippen molar-refractivity contribution >= 4 is 23.8 Å². The average Bonchev–Trinajstić information content (AvgIpc) is 3.02. The first-order chi connectivity index (χ1) is 14.9. The van der Waals surface area contributed by atoms with Gasteiger partial charge >= 0.3 is 0 Å². The SMILES string of the molecule is CC(=O)NC(C)(C)/C=C/n1ncc(C(=O)NC2C3CC4CC2CC(O)(C4)C3)c1NC(C)C. The highest BCUT2D eigenvalue weighted by atomic mass is 16.3. The van der Waals surface area contributed by atoms with E-state index in [4.69, 9.17) is 0 Å². The molecule has 1 aromatic heterocycles. The van der Waals surface area contributed by atoms with E-state index in [1.807, 2.05) is 33.8 Å². The van der Waals surface area contributed by atoms with E-state index < -0.39 is 11.1 Å². The van der Waals surface area contributed by atoms with Crippen molar-refractivity contribution in [1.82, 2.24) is 20.4 Å². The highest BCUT2D eigenvalue weighted by molar-refractivity contribution is 5.99. The van der Waals surface area contributed by atoms with E-state index in [1.165, 1.54) is 6.92 Å². The lowest BCUT2D eigenvalue weighted by Gasteiger charge is -2.58.